The number of morpholine rings is 2. The zero-order valence-corrected chi connectivity index (χ0v) is 16.6. The van der Waals surface area contributed by atoms with Gasteiger partial charge in [0.1, 0.15) is 0 Å². The average Bonchev–Trinajstić information content (AvgIpc) is 2.62. The van der Waals surface area contributed by atoms with Gasteiger partial charge in [-0.3, -0.25) is 9.80 Å². The molecule has 2 aliphatic rings. The molecule has 2 fully saturated rings. The molecule has 25 heavy (non-hydrogen) atoms. The summed E-state index contributed by atoms with van der Waals surface area (Å²) in [4.78, 5) is 5.03. The number of hydrogen-bond donors (Lipinski definition) is 0. The molecule has 0 saturated carbocycles. The average molecular weight is 359 g/mol. The Labute approximate surface area is 153 Å². The summed E-state index contributed by atoms with van der Waals surface area (Å²) in [7, 11) is 1.76. The van der Waals surface area contributed by atoms with Crippen molar-refractivity contribution < 1.29 is 18.9 Å². The number of ether oxygens (including phenoxy) is 4. The molecule has 0 spiro atoms. The third kappa shape index (κ3) is 6.77. The summed E-state index contributed by atoms with van der Waals surface area (Å²) >= 11 is 0. The molecule has 0 aromatic carbocycles. The van der Waals surface area contributed by atoms with E-state index in [1.165, 1.54) is 0 Å². The third-order valence-electron chi connectivity index (χ3n) is 5.36. The maximum atomic E-state index is 5.98. The van der Waals surface area contributed by atoms with Crippen molar-refractivity contribution in [2.24, 2.45) is 0 Å². The fourth-order valence-corrected chi connectivity index (χ4v) is 3.94. The Morgan fingerprint density at radius 1 is 0.960 bits per heavy atom. The Balaban J connectivity index is 1.63. The van der Waals surface area contributed by atoms with E-state index in [0.29, 0.717) is 24.2 Å². The van der Waals surface area contributed by atoms with Gasteiger partial charge < -0.3 is 18.9 Å². The van der Waals surface area contributed by atoms with Crippen LogP contribution in [0.3, 0.4) is 0 Å². The van der Waals surface area contributed by atoms with Gasteiger partial charge in [-0.05, 0) is 33.6 Å². The second kappa shape index (κ2) is 11.5. The van der Waals surface area contributed by atoms with E-state index in [1.54, 1.807) is 7.11 Å². The highest BCUT2D eigenvalue weighted by Gasteiger charge is 2.27. The van der Waals surface area contributed by atoms with Gasteiger partial charge >= 0.3 is 0 Å². The van der Waals surface area contributed by atoms with Crippen LogP contribution >= 0.6 is 0 Å². The normalized spacial score (nSPS) is 27.7. The molecule has 3 atom stereocenters. The van der Waals surface area contributed by atoms with Crippen molar-refractivity contribution in [2.45, 2.75) is 57.8 Å². The number of rotatable bonds is 10. The van der Waals surface area contributed by atoms with Crippen LogP contribution in [-0.4, -0.2) is 100 Å². The monoisotopic (exact) mass is 358 g/mol. The minimum absolute atomic E-state index is 0.383. The molecule has 2 saturated heterocycles. The summed E-state index contributed by atoms with van der Waals surface area (Å²) in [6, 6.07) is 1.87. The van der Waals surface area contributed by atoms with E-state index in [-0.39, 0.29) is 0 Å². The molecule has 0 amide bonds. The first-order valence-electron chi connectivity index (χ1n) is 9.87. The van der Waals surface area contributed by atoms with Crippen molar-refractivity contribution in [3.8, 4) is 0 Å². The Bertz CT molecular complexity index is 354. The molecule has 0 N–H and O–H groups in total. The first-order chi connectivity index (χ1) is 12.1. The molecule has 2 heterocycles. The molecule has 2 rings (SSSR count). The van der Waals surface area contributed by atoms with E-state index in [9.17, 15) is 0 Å². The van der Waals surface area contributed by atoms with Crippen LogP contribution in [0.5, 0.6) is 0 Å². The van der Waals surface area contributed by atoms with Gasteiger partial charge in [-0.2, -0.15) is 0 Å². The lowest BCUT2D eigenvalue weighted by atomic mass is 10.1. The Morgan fingerprint density at radius 2 is 1.60 bits per heavy atom. The predicted molar refractivity (Wildman–Crippen MR) is 99.2 cm³/mol. The SMILES string of the molecule is COC[C@H]1COCCN1C(C)CCCOC[C@H]1COCCN1C(C)C. The number of methoxy groups -OCH3 is 1. The quantitative estimate of drug-likeness (QED) is 0.553. The summed E-state index contributed by atoms with van der Waals surface area (Å²) in [6.45, 7) is 14.4. The van der Waals surface area contributed by atoms with E-state index in [0.717, 1.165) is 72.2 Å². The first-order valence-corrected chi connectivity index (χ1v) is 9.87. The van der Waals surface area contributed by atoms with Crippen LogP contribution in [0, 0.1) is 0 Å². The molecular weight excluding hydrogens is 320 g/mol. The van der Waals surface area contributed by atoms with Gasteiger partial charge in [-0.15, -0.1) is 0 Å². The summed E-state index contributed by atoms with van der Waals surface area (Å²) < 4.78 is 22.5. The summed E-state index contributed by atoms with van der Waals surface area (Å²) in [5.74, 6) is 0. The van der Waals surface area contributed by atoms with Crippen molar-refractivity contribution >= 4 is 0 Å². The smallest absolute Gasteiger partial charge is 0.0645 e. The van der Waals surface area contributed by atoms with Crippen LogP contribution in [0.2, 0.25) is 0 Å². The largest absolute Gasteiger partial charge is 0.383 e. The molecule has 148 valence electrons. The highest BCUT2D eigenvalue weighted by molar-refractivity contribution is 4.80. The molecular formula is C19H38N2O4. The van der Waals surface area contributed by atoms with Crippen LogP contribution < -0.4 is 0 Å². The first kappa shape index (κ1) is 21.1. The van der Waals surface area contributed by atoms with Gasteiger partial charge in [0.25, 0.3) is 0 Å². The van der Waals surface area contributed by atoms with Gasteiger partial charge in [0.15, 0.2) is 0 Å². The summed E-state index contributed by atoms with van der Waals surface area (Å²) in [5.41, 5.74) is 0. The highest BCUT2D eigenvalue weighted by atomic mass is 16.5. The number of nitrogens with zero attached hydrogens (tertiary/aromatic N) is 2. The van der Waals surface area contributed by atoms with Crippen LogP contribution in [0.25, 0.3) is 0 Å². The zero-order chi connectivity index (χ0) is 18.1. The van der Waals surface area contributed by atoms with Crippen molar-refractivity contribution in [2.75, 3.05) is 66.4 Å². The lowest BCUT2D eigenvalue weighted by Crippen LogP contribution is -2.52. The second-order valence-corrected chi connectivity index (χ2v) is 7.55. The molecule has 1 unspecified atom stereocenters. The van der Waals surface area contributed by atoms with Gasteiger partial charge in [-0.1, -0.05) is 0 Å². The molecule has 2 aliphatic heterocycles. The molecule has 0 aromatic rings. The molecule has 0 radical (unpaired) electrons. The Hall–Kier alpha value is -0.240. The van der Waals surface area contributed by atoms with E-state index in [1.807, 2.05) is 0 Å². The van der Waals surface area contributed by atoms with Crippen LogP contribution in [0.15, 0.2) is 0 Å². The lowest BCUT2D eigenvalue weighted by Gasteiger charge is -2.39. The van der Waals surface area contributed by atoms with Gasteiger partial charge in [-0.25, -0.2) is 0 Å². The maximum Gasteiger partial charge on any atom is 0.0645 e. The van der Waals surface area contributed by atoms with Crippen molar-refractivity contribution in [1.29, 1.82) is 0 Å². The standard InChI is InChI=1S/C19H38N2O4/c1-16(2)20-7-10-24-15-19(20)14-23-9-5-6-17(3)21-8-11-25-13-18(21)12-22-4/h16-19H,5-15H2,1-4H3/t17?,18-,19-/m0/s1. The molecule has 0 aliphatic carbocycles. The van der Waals surface area contributed by atoms with Crippen molar-refractivity contribution in [3.05, 3.63) is 0 Å². The minimum atomic E-state index is 0.383. The van der Waals surface area contributed by atoms with Crippen molar-refractivity contribution in [3.63, 3.8) is 0 Å². The van der Waals surface area contributed by atoms with Gasteiger partial charge in [0, 0.05) is 38.9 Å². The number of hydrogen-bond acceptors (Lipinski definition) is 6. The molecule has 6 nitrogen and oxygen atoms in total. The minimum Gasteiger partial charge on any atom is -0.383 e. The van der Waals surface area contributed by atoms with E-state index >= 15 is 0 Å². The fraction of sp³-hybridized carbons (Fsp3) is 1.00. The van der Waals surface area contributed by atoms with Crippen LogP contribution in [-0.2, 0) is 18.9 Å². The molecule has 0 bridgehead atoms. The topological polar surface area (TPSA) is 43.4 Å². The lowest BCUT2D eigenvalue weighted by molar-refractivity contribution is -0.0600. The zero-order valence-electron chi connectivity index (χ0n) is 16.6. The van der Waals surface area contributed by atoms with E-state index in [4.69, 9.17) is 18.9 Å². The fourth-order valence-electron chi connectivity index (χ4n) is 3.94. The second-order valence-electron chi connectivity index (χ2n) is 7.55. The molecule has 6 heteroatoms. The van der Waals surface area contributed by atoms with E-state index < -0.39 is 0 Å². The van der Waals surface area contributed by atoms with Gasteiger partial charge in [0.2, 0.25) is 0 Å². The van der Waals surface area contributed by atoms with Crippen LogP contribution in [0.4, 0.5) is 0 Å². The highest BCUT2D eigenvalue weighted by Crippen LogP contribution is 2.16. The van der Waals surface area contributed by atoms with Crippen molar-refractivity contribution in [1.82, 2.24) is 9.80 Å². The summed E-state index contributed by atoms with van der Waals surface area (Å²) in [5, 5.41) is 0. The Morgan fingerprint density at radius 3 is 2.24 bits per heavy atom. The van der Waals surface area contributed by atoms with E-state index in [2.05, 4.69) is 30.6 Å². The maximum absolute atomic E-state index is 5.98. The van der Waals surface area contributed by atoms with Crippen LogP contribution in [0.1, 0.15) is 33.6 Å². The molecule has 0 aromatic heterocycles. The Kier molecular flexibility index (Phi) is 9.66. The predicted octanol–water partition coefficient (Wildman–Crippen LogP) is 1.63. The third-order valence-corrected chi connectivity index (χ3v) is 5.36. The summed E-state index contributed by atoms with van der Waals surface area (Å²) in [6.07, 6.45) is 2.24. The van der Waals surface area contributed by atoms with Gasteiger partial charge in [0.05, 0.1) is 51.7 Å².